The van der Waals surface area contributed by atoms with Gasteiger partial charge in [0.05, 0.1) is 29.7 Å². The van der Waals surface area contributed by atoms with Gasteiger partial charge in [0.1, 0.15) is 17.5 Å². The van der Waals surface area contributed by atoms with Crippen molar-refractivity contribution in [3.05, 3.63) is 56.3 Å². The summed E-state index contributed by atoms with van der Waals surface area (Å²) in [6.07, 6.45) is 3.63. The third-order valence-electron chi connectivity index (χ3n) is 7.15. The highest BCUT2D eigenvalue weighted by Gasteiger charge is 2.39. The summed E-state index contributed by atoms with van der Waals surface area (Å²) in [5, 5.41) is 17.0. The fourth-order valence-electron chi connectivity index (χ4n) is 5.16. The summed E-state index contributed by atoms with van der Waals surface area (Å²) in [6, 6.07) is 7.92. The van der Waals surface area contributed by atoms with E-state index in [9.17, 15) is 24.3 Å². The predicted molar refractivity (Wildman–Crippen MR) is 132 cm³/mol. The largest absolute Gasteiger partial charge is 0.457 e. The van der Waals surface area contributed by atoms with Crippen LogP contribution in [0.5, 0.6) is 0 Å². The molecule has 0 aliphatic heterocycles. The zero-order valence-corrected chi connectivity index (χ0v) is 20.2. The average molecular weight is 484 g/mol. The number of aliphatic hydroxyl groups is 1. The Bertz CT molecular complexity index is 1120. The highest BCUT2D eigenvalue weighted by atomic mass is 16.5. The molecule has 2 aliphatic carbocycles. The molecule has 3 N–H and O–H groups in total. The Labute approximate surface area is 204 Å². The molecule has 0 radical (unpaired) electrons. The van der Waals surface area contributed by atoms with E-state index in [1.54, 1.807) is 38.4 Å². The second-order valence-electron chi connectivity index (χ2n) is 9.76. The first-order valence-corrected chi connectivity index (χ1v) is 12.3. The maximum atomic E-state index is 12.6. The van der Waals surface area contributed by atoms with E-state index >= 15 is 0 Å². The number of aliphatic hydroxyl groups excluding tert-OH is 1. The monoisotopic (exact) mass is 483 g/mol. The number of rotatable bonds is 7. The molecule has 2 aromatic carbocycles. The normalized spacial score (nSPS) is 26.7. The van der Waals surface area contributed by atoms with E-state index in [2.05, 4.69) is 10.6 Å². The summed E-state index contributed by atoms with van der Waals surface area (Å²) < 4.78 is 5.76. The SMILES string of the molecule is CN(C)C(=O)C1CCCC(Nc2c(N[C@@H]3CCCC[C@H]3OC(=O)c3ccccc3)c(=O)c2=O)C1O. The van der Waals surface area contributed by atoms with Gasteiger partial charge in [0, 0.05) is 14.1 Å². The first kappa shape index (κ1) is 24.9. The fraction of sp³-hybridized carbons (Fsp3) is 0.538. The van der Waals surface area contributed by atoms with Crippen LogP contribution < -0.4 is 21.5 Å². The lowest BCUT2D eigenvalue weighted by atomic mass is 9.82. The zero-order chi connectivity index (χ0) is 25.1. The molecular weight excluding hydrogens is 450 g/mol. The van der Waals surface area contributed by atoms with E-state index < -0.39 is 41.0 Å². The Morgan fingerprint density at radius 2 is 1.49 bits per heavy atom. The van der Waals surface area contributed by atoms with Gasteiger partial charge < -0.3 is 25.4 Å². The van der Waals surface area contributed by atoms with Crippen molar-refractivity contribution in [2.75, 3.05) is 24.7 Å². The van der Waals surface area contributed by atoms with E-state index in [1.807, 2.05) is 6.07 Å². The molecule has 0 spiro atoms. The van der Waals surface area contributed by atoms with Gasteiger partial charge in [-0.1, -0.05) is 31.0 Å². The molecule has 5 atom stereocenters. The summed E-state index contributed by atoms with van der Waals surface area (Å²) in [5.41, 5.74) is -0.514. The molecule has 2 saturated carbocycles. The first-order chi connectivity index (χ1) is 16.8. The minimum atomic E-state index is -0.967. The molecule has 2 aromatic rings. The van der Waals surface area contributed by atoms with Gasteiger partial charge in [0.25, 0.3) is 10.9 Å². The predicted octanol–water partition coefficient (Wildman–Crippen LogP) is 1.89. The van der Waals surface area contributed by atoms with Crippen LogP contribution in [-0.2, 0) is 9.53 Å². The number of anilines is 2. The number of hydrogen-bond donors (Lipinski definition) is 3. The number of ether oxygens (including phenoxy) is 1. The van der Waals surface area contributed by atoms with Crippen LogP contribution in [-0.4, -0.2) is 60.3 Å². The number of amides is 1. The molecule has 2 aliphatic rings. The third kappa shape index (κ3) is 5.24. The summed E-state index contributed by atoms with van der Waals surface area (Å²) >= 11 is 0. The lowest BCUT2D eigenvalue weighted by Crippen LogP contribution is -2.51. The summed E-state index contributed by atoms with van der Waals surface area (Å²) in [5.74, 6) is -1.13. The van der Waals surface area contributed by atoms with Crippen molar-refractivity contribution in [1.29, 1.82) is 0 Å². The molecule has 1 amide bonds. The van der Waals surface area contributed by atoms with E-state index in [-0.39, 0.29) is 23.3 Å². The maximum absolute atomic E-state index is 12.6. The molecular formula is C26H33N3O6. The quantitative estimate of drug-likeness (QED) is 0.403. The summed E-state index contributed by atoms with van der Waals surface area (Å²) in [4.78, 5) is 51.3. The number of carbonyl (C=O) groups is 2. The van der Waals surface area contributed by atoms with Crippen LogP contribution in [0, 0.1) is 5.92 Å². The Hall–Kier alpha value is -3.20. The van der Waals surface area contributed by atoms with Crippen LogP contribution in [0.25, 0.3) is 0 Å². The maximum Gasteiger partial charge on any atom is 0.338 e. The number of hydrogen-bond acceptors (Lipinski definition) is 8. The van der Waals surface area contributed by atoms with Crippen LogP contribution in [0.15, 0.2) is 39.9 Å². The molecule has 3 unspecified atom stereocenters. The molecule has 35 heavy (non-hydrogen) atoms. The number of carbonyl (C=O) groups excluding carboxylic acids is 2. The number of nitrogens with zero attached hydrogens (tertiary/aromatic N) is 1. The van der Waals surface area contributed by atoms with Crippen LogP contribution in [0.3, 0.4) is 0 Å². The Kier molecular flexibility index (Phi) is 7.54. The van der Waals surface area contributed by atoms with Crippen molar-refractivity contribution < 1.29 is 19.4 Å². The molecule has 0 saturated heterocycles. The molecule has 0 aromatic heterocycles. The third-order valence-corrected chi connectivity index (χ3v) is 7.15. The minimum Gasteiger partial charge on any atom is -0.457 e. The lowest BCUT2D eigenvalue weighted by Gasteiger charge is -2.37. The summed E-state index contributed by atoms with van der Waals surface area (Å²) in [6.45, 7) is 0. The standard InChI is InChI=1S/C26H33N3O6/c1-29(2)25(33)16-11-8-13-18(22(16)30)28-21-20(23(31)24(21)32)27-17-12-6-7-14-19(17)35-26(34)15-9-4-3-5-10-15/h3-5,9-10,16-19,22,27-28,30H,6-8,11-14H2,1-2H3/t16?,17-,18?,19-,22?/m1/s1. The smallest absolute Gasteiger partial charge is 0.338 e. The van der Waals surface area contributed by atoms with E-state index in [0.29, 0.717) is 31.2 Å². The second kappa shape index (κ2) is 10.6. The van der Waals surface area contributed by atoms with Gasteiger partial charge in [-0.3, -0.25) is 14.4 Å². The molecule has 0 bridgehead atoms. The highest BCUT2D eigenvalue weighted by molar-refractivity contribution is 5.89. The topological polar surface area (TPSA) is 125 Å². The lowest BCUT2D eigenvalue weighted by molar-refractivity contribution is -0.138. The molecule has 0 heterocycles. The van der Waals surface area contributed by atoms with Gasteiger partial charge >= 0.3 is 5.97 Å². The Morgan fingerprint density at radius 3 is 2.14 bits per heavy atom. The average Bonchev–Trinajstić information content (AvgIpc) is 2.87. The van der Waals surface area contributed by atoms with Crippen LogP contribution in [0.4, 0.5) is 11.4 Å². The number of benzene rings is 1. The molecule has 9 nitrogen and oxygen atoms in total. The van der Waals surface area contributed by atoms with Crippen molar-refractivity contribution in [3.8, 4) is 0 Å². The molecule has 2 fully saturated rings. The van der Waals surface area contributed by atoms with Gasteiger partial charge in [0.15, 0.2) is 0 Å². The van der Waals surface area contributed by atoms with Crippen molar-refractivity contribution >= 4 is 23.3 Å². The second-order valence-corrected chi connectivity index (χ2v) is 9.76. The number of nitrogens with one attached hydrogen (secondary N) is 2. The van der Waals surface area contributed by atoms with Crippen LogP contribution in [0.1, 0.15) is 55.3 Å². The molecule has 4 rings (SSSR count). The van der Waals surface area contributed by atoms with Crippen LogP contribution >= 0.6 is 0 Å². The van der Waals surface area contributed by atoms with Gasteiger partial charge in [-0.15, -0.1) is 0 Å². The first-order valence-electron chi connectivity index (χ1n) is 12.3. The number of esters is 1. The van der Waals surface area contributed by atoms with Gasteiger partial charge in [-0.25, -0.2) is 4.79 Å². The fourth-order valence-corrected chi connectivity index (χ4v) is 5.16. The van der Waals surface area contributed by atoms with Gasteiger partial charge in [-0.2, -0.15) is 0 Å². The Morgan fingerprint density at radius 1 is 0.886 bits per heavy atom. The van der Waals surface area contributed by atoms with E-state index in [4.69, 9.17) is 4.74 Å². The molecule has 9 heteroatoms. The minimum absolute atomic E-state index is 0.135. The van der Waals surface area contributed by atoms with Crippen LogP contribution in [0.2, 0.25) is 0 Å². The van der Waals surface area contributed by atoms with Crippen molar-refractivity contribution in [2.45, 2.75) is 69.2 Å². The zero-order valence-electron chi connectivity index (χ0n) is 20.2. The van der Waals surface area contributed by atoms with Crippen molar-refractivity contribution in [1.82, 2.24) is 4.90 Å². The van der Waals surface area contributed by atoms with E-state index in [0.717, 1.165) is 19.3 Å². The molecule has 188 valence electrons. The van der Waals surface area contributed by atoms with Crippen molar-refractivity contribution in [2.24, 2.45) is 5.92 Å². The van der Waals surface area contributed by atoms with E-state index in [1.165, 1.54) is 4.90 Å². The summed E-state index contributed by atoms with van der Waals surface area (Å²) in [7, 11) is 3.30. The van der Waals surface area contributed by atoms with Gasteiger partial charge in [-0.05, 0) is 44.2 Å². The Balaban J connectivity index is 1.46. The van der Waals surface area contributed by atoms with Gasteiger partial charge in [0.2, 0.25) is 5.91 Å². The highest BCUT2D eigenvalue weighted by Crippen LogP contribution is 2.31. The van der Waals surface area contributed by atoms with Crippen molar-refractivity contribution in [3.63, 3.8) is 0 Å².